The van der Waals surface area contributed by atoms with Crippen molar-refractivity contribution in [1.29, 1.82) is 0 Å². The third kappa shape index (κ3) is 2.82. The number of aliphatic hydroxyl groups is 1. The van der Waals surface area contributed by atoms with Crippen LogP contribution in [0.2, 0.25) is 0 Å². The summed E-state index contributed by atoms with van der Waals surface area (Å²) < 4.78 is 0. The first kappa shape index (κ1) is 11.2. The molecule has 3 N–H and O–H groups in total. The second-order valence-electron chi connectivity index (χ2n) is 4.31. The van der Waals surface area contributed by atoms with E-state index in [1.54, 1.807) is 6.92 Å². The Morgan fingerprint density at radius 1 is 1.36 bits per heavy atom. The lowest BCUT2D eigenvalue weighted by Gasteiger charge is -2.22. The number of hydrogen-bond donors (Lipinski definition) is 2. The van der Waals surface area contributed by atoms with Gasteiger partial charge in [0, 0.05) is 13.0 Å². The second-order valence-corrected chi connectivity index (χ2v) is 4.31. The Balaban J connectivity index is 2.91. The summed E-state index contributed by atoms with van der Waals surface area (Å²) in [4.78, 5) is 0. The van der Waals surface area contributed by atoms with Crippen LogP contribution in [0.1, 0.15) is 23.6 Å². The van der Waals surface area contributed by atoms with E-state index >= 15 is 0 Å². The van der Waals surface area contributed by atoms with Gasteiger partial charge in [-0.3, -0.25) is 0 Å². The Bertz CT molecular complexity index is 318. The SMILES string of the molecule is Cc1ccc(C)c(CC(C)(O)CN)c1. The van der Waals surface area contributed by atoms with Crippen LogP contribution in [0.15, 0.2) is 18.2 Å². The van der Waals surface area contributed by atoms with Crippen molar-refractivity contribution in [1.82, 2.24) is 0 Å². The Morgan fingerprint density at radius 3 is 2.57 bits per heavy atom. The molecule has 0 saturated heterocycles. The van der Waals surface area contributed by atoms with E-state index in [-0.39, 0.29) is 0 Å². The van der Waals surface area contributed by atoms with Crippen LogP contribution < -0.4 is 5.73 Å². The van der Waals surface area contributed by atoms with E-state index in [9.17, 15) is 5.11 Å². The van der Waals surface area contributed by atoms with Gasteiger partial charge in [-0.2, -0.15) is 0 Å². The molecule has 14 heavy (non-hydrogen) atoms. The van der Waals surface area contributed by atoms with Gasteiger partial charge in [0.15, 0.2) is 0 Å². The van der Waals surface area contributed by atoms with Gasteiger partial charge in [-0.25, -0.2) is 0 Å². The highest BCUT2D eigenvalue weighted by Crippen LogP contribution is 2.17. The fraction of sp³-hybridized carbons (Fsp3) is 0.500. The van der Waals surface area contributed by atoms with Crippen LogP contribution in [-0.2, 0) is 6.42 Å². The molecule has 0 amide bonds. The van der Waals surface area contributed by atoms with Crippen LogP contribution in [0.4, 0.5) is 0 Å². The number of benzene rings is 1. The maximum absolute atomic E-state index is 9.87. The zero-order chi connectivity index (χ0) is 10.8. The summed E-state index contributed by atoms with van der Waals surface area (Å²) in [5, 5.41) is 9.87. The first-order chi connectivity index (χ1) is 6.44. The zero-order valence-electron chi connectivity index (χ0n) is 9.17. The molecule has 0 spiro atoms. The van der Waals surface area contributed by atoms with E-state index < -0.39 is 5.60 Å². The van der Waals surface area contributed by atoms with Gasteiger partial charge in [-0.05, 0) is 31.9 Å². The molecule has 1 aromatic rings. The average molecular weight is 193 g/mol. The highest BCUT2D eigenvalue weighted by molar-refractivity contribution is 5.31. The molecular weight excluding hydrogens is 174 g/mol. The summed E-state index contributed by atoms with van der Waals surface area (Å²) in [7, 11) is 0. The van der Waals surface area contributed by atoms with Crippen molar-refractivity contribution in [2.75, 3.05) is 6.54 Å². The summed E-state index contributed by atoms with van der Waals surface area (Å²) >= 11 is 0. The Kier molecular flexibility index (Phi) is 3.29. The minimum absolute atomic E-state index is 0.292. The van der Waals surface area contributed by atoms with Crippen molar-refractivity contribution in [3.05, 3.63) is 34.9 Å². The minimum Gasteiger partial charge on any atom is -0.389 e. The standard InChI is InChI=1S/C12H19NO/c1-9-4-5-10(2)11(6-9)7-12(3,14)8-13/h4-6,14H,7-8,13H2,1-3H3. The summed E-state index contributed by atoms with van der Waals surface area (Å²) in [6, 6.07) is 6.27. The molecule has 1 rings (SSSR count). The molecule has 0 radical (unpaired) electrons. The normalized spacial score (nSPS) is 15.2. The summed E-state index contributed by atoms with van der Waals surface area (Å²) in [5.74, 6) is 0. The molecule has 1 unspecified atom stereocenters. The van der Waals surface area contributed by atoms with E-state index in [0.717, 1.165) is 0 Å². The van der Waals surface area contributed by atoms with Gasteiger partial charge >= 0.3 is 0 Å². The molecule has 0 aromatic heterocycles. The fourth-order valence-corrected chi connectivity index (χ4v) is 1.47. The van der Waals surface area contributed by atoms with E-state index in [1.807, 2.05) is 0 Å². The fourth-order valence-electron chi connectivity index (χ4n) is 1.47. The Labute approximate surface area is 85.8 Å². The van der Waals surface area contributed by atoms with Gasteiger partial charge in [0.25, 0.3) is 0 Å². The van der Waals surface area contributed by atoms with E-state index in [0.29, 0.717) is 13.0 Å². The van der Waals surface area contributed by atoms with Crippen LogP contribution in [-0.4, -0.2) is 17.3 Å². The van der Waals surface area contributed by atoms with Crippen molar-refractivity contribution in [2.24, 2.45) is 5.73 Å². The quantitative estimate of drug-likeness (QED) is 0.765. The van der Waals surface area contributed by atoms with Crippen LogP contribution in [0.25, 0.3) is 0 Å². The molecule has 0 aliphatic carbocycles. The van der Waals surface area contributed by atoms with E-state index in [1.165, 1.54) is 16.7 Å². The highest BCUT2D eigenvalue weighted by atomic mass is 16.3. The van der Waals surface area contributed by atoms with Gasteiger partial charge in [-0.1, -0.05) is 23.8 Å². The molecule has 2 nitrogen and oxygen atoms in total. The van der Waals surface area contributed by atoms with Crippen LogP contribution in [0.5, 0.6) is 0 Å². The number of hydrogen-bond acceptors (Lipinski definition) is 2. The van der Waals surface area contributed by atoms with Crippen molar-refractivity contribution in [3.63, 3.8) is 0 Å². The molecule has 0 bridgehead atoms. The number of rotatable bonds is 3. The maximum Gasteiger partial charge on any atom is 0.0781 e. The molecule has 0 saturated carbocycles. The van der Waals surface area contributed by atoms with E-state index in [2.05, 4.69) is 32.0 Å². The monoisotopic (exact) mass is 193 g/mol. The molecule has 0 fully saturated rings. The zero-order valence-corrected chi connectivity index (χ0v) is 9.17. The van der Waals surface area contributed by atoms with Gasteiger partial charge in [-0.15, -0.1) is 0 Å². The van der Waals surface area contributed by atoms with E-state index in [4.69, 9.17) is 5.73 Å². The smallest absolute Gasteiger partial charge is 0.0781 e. The topological polar surface area (TPSA) is 46.2 Å². The lowest BCUT2D eigenvalue weighted by molar-refractivity contribution is 0.0695. The van der Waals surface area contributed by atoms with Crippen LogP contribution in [0.3, 0.4) is 0 Å². The summed E-state index contributed by atoms with van der Waals surface area (Å²) in [5.41, 5.74) is 8.31. The third-order valence-electron chi connectivity index (χ3n) is 2.52. The predicted octanol–water partition coefficient (Wildman–Crippen LogP) is 1.56. The lowest BCUT2D eigenvalue weighted by Crippen LogP contribution is -2.36. The molecule has 0 heterocycles. The van der Waals surface area contributed by atoms with Gasteiger partial charge < -0.3 is 10.8 Å². The van der Waals surface area contributed by atoms with Crippen molar-refractivity contribution in [3.8, 4) is 0 Å². The Hall–Kier alpha value is -0.860. The summed E-state index contributed by atoms with van der Waals surface area (Å²) in [6.07, 6.45) is 0.622. The lowest BCUT2D eigenvalue weighted by atomic mass is 9.93. The summed E-state index contributed by atoms with van der Waals surface area (Å²) in [6.45, 7) is 6.18. The maximum atomic E-state index is 9.87. The van der Waals surface area contributed by atoms with Crippen molar-refractivity contribution >= 4 is 0 Å². The largest absolute Gasteiger partial charge is 0.389 e. The Morgan fingerprint density at radius 2 is 2.00 bits per heavy atom. The highest BCUT2D eigenvalue weighted by Gasteiger charge is 2.19. The molecule has 0 aliphatic heterocycles. The number of nitrogens with two attached hydrogens (primary N) is 1. The predicted molar refractivity (Wildman–Crippen MR) is 59.3 cm³/mol. The van der Waals surface area contributed by atoms with Crippen LogP contribution in [0, 0.1) is 13.8 Å². The third-order valence-corrected chi connectivity index (χ3v) is 2.52. The second kappa shape index (κ2) is 4.11. The average Bonchev–Trinajstić information content (AvgIpc) is 2.11. The molecule has 78 valence electrons. The van der Waals surface area contributed by atoms with Gasteiger partial charge in [0.05, 0.1) is 5.60 Å². The van der Waals surface area contributed by atoms with Crippen molar-refractivity contribution in [2.45, 2.75) is 32.8 Å². The number of aryl methyl sites for hydroxylation is 2. The first-order valence-corrected chi connectivity index (χ1v) is 4.93. The van der Waals surface area contributed by atoms with Gasteiger partial charge in [0.1, 0.15) is 0 Å². The first-order valence-electron chi connectivity index (χ1n) is 4.93. The molecule has 0 aliphatic rings. The van der Waals surface area contributed by atoms with Crippen LogP contribution >= 0.6 is 0 Å². The minimum atomic E-state index is -0.793. The molecule has 1 atom stereocenters. The molecular formula is C12H19NO. The van der Waals surface area contributed by atoms with Crippen molar-refractivity contribution < 1.29 is 5.11 Å². The van der Waals surface area contributed by atoms with Gasteiger partial charge in [0.2, 0.25) is 0 Å². The molecule has 2 heteroatoms. The molecule has 1 aromatic carbocycles.